The number of aliphatic hydroxyl groups excluding tert-OH is 1. The predicted molar refractivity (Wildman–Crippen MR) is 100 cm³/mol. The van der Waals surface area contributed by atoms with Crippen molar-refractivity contribution in [1.29, 1.82) is 0 Å². The number of benzene rings is 1. The van der Waals surface area contributed by atoms with Crippen molar-refractivity contribution in [2.75, 3.05) is 18.5 Å². The van der Waals surface area contributed by atoms with Gasteiger partial charge in [-0.05, 0) is 30.7 Å². The van der Waals surface area contributed by atoms with Crippen molar-refractivity contribution in [2.45, 2.75) is 18.9 Å². The summed E-state index contributed by atoms with van der Waals surface area (Å²) in [5.74, 6) is -0.986. The molecule has 28 heavy (non-hydrogen) atoms. The van der Waals surface area contributed by atoms with Gasteiger partial charge in [-0.3, -0.25) is 4.79 Å². The molecule has 9 heteroatoms. The number of aliphatic hydroxyl groups is 1. The van der Waals surface area contributed by atoms with Crippen molar-refractivity contribution in [1.82, 2.24) is 0 Å². The van der Waals surface area contributed by atoms with Gasteiger partial charge in [0.1, 0.15) is 23.4 Å². The summed E-state index contributed by atoms with van der Waals surface area (Å²) in [7, 11) is 0. The minimum absolute atomic E-state index is 0.00797. The lowest BCUT2D eigenvalue weighted by molar-refractivity contribution is -0.139. The molecule has 1 spiro atoms. The summed E-state index contributed by atoms with van der Waals surface area (Å²) >= 11 is 6.21. The van der Waals surface area contributed by atoms with Gasteiger partial charge >= 0.3 is 5.97 Å². The third kappa shape index (κ3) is 2.49. The second kappa shape index (κ2) is 6.57. The first-order valence-electron chi connectivity index (χ1n) is 8.59. The molecule has 1 aromatic heterocycles. The Morgan fingerprint density at radius 1 is 1.43 bits per heavy atom. The number of anilines is 1. The van der Waals surface area contributed by atoms with Gasteiger partial charge in [-0.1, -0.05) is 11.6 Å². The Labute approximate surface area is 164 Å². The number of halogens is 1. The van der Waals surface area contributed by atoms with Crippen LogP contribution in [-0.2, 0) is 21.6 Å². The highest BCUT2D eigenvalue weighted by atomic mass is 35.5. The SMILES string of the molecule is CCOC(=O)C1=C(N)Oc2c(oc(CO)cc2=O)C12CNc1ccc(Cl)cc12. The van der Waals surface area contributed by atoms with E-state index in [9.17, 15) is 14.7 Å². The van der Waals surface area contributed by atoms with Crippen LogP contribution in [0.3, 0.4) is 0 Å². The molecule has 4 N–H and O–H groups in total. The summed E-state index contributed by atoms with van der Waals surface area (Å²) in [5.41, 5.74) is 5.56. The number of nitrogens with two attached hydrogens (primary N) is 1. The van der Waals surface area contributed by atoms with Crippen LogP contribution in [0.5, 0.6) is 5.75 Å². The Bertz CT molecular complexity index is 1080. The average molecular weight is 405 g/mol. The molecule has 1 unspecified atom stereocenters. The van der Waals surface area contributed by atoms with E-state index in [1.165, 1.54) is 0 Å². The van der Waals surface area contributed by atoms with Gasteiger partial charge in [-0.25, -0.2) is 4.79 Å². The first-order chi connectivity index (χ1) is 13.4. The standard InChI is InChI=1S/C19H17ClN2O6/c1-2-26-18(25)14-17(21)28-15-13(24)6-10(7-23)27-16(15)19(14)8-22-12-4-3-9(20)5-11(12)19/h3-6,22-23H,2,7-8,21H2,1H3. The Morgan fingerprint density at radius 2 is 2.21 bits per heavy atom. The van der Waals surface area contributed by atoms with Crippen LogP contribution < -0.4 is 21.2 Å². The number of fused-ring (bicyclic) bond motifs is 4. The summed E-state index contributed by atoms with van der Waals surface area (Å²) in [6.07, 6.45) is 0. The number of hydrogen-bond donors (Lipinski definition) is 3. The fourth-order valence-corrected chi connectivity index (χ4v) is 3.89. The van der Waals surface area contributed by atoms with Crippen molar-refractivity contribution in [3.05, 3.63) is 68.1 Å². The molecule has 8 nitrogen and oxygen atoms in total. The summed E-state index contributed by atoms with van der Waals surface area (Å²) in [4.78, 5) is 25.4. The molecule has 0 saturated carbocycles. The van der Waals surface area contributed by atoms with Gasteiger partial charge in [0, 0.05) is 23.3 Å². The van der Waals surface area contributed by atoms with Crippen molar-refractivity contribution in [2.24, 2.45) is 5.73 Å². The number of carbonyl (C=O) groups excluding carboxylic acids is 1. The molecule has 1 atom stereocenters. The predicted octanol–water partition coefficient (Wildman–Crippen LogP) is 1.62. The second-order valence-electron chi connectivity index (χ2n) is 6.40. The first-order valence-corrected chi connectivity index (χ1v) is 8.97. The zero-order valence-electron chi connectivity index (χ0n) is 14.9. The van der Waals surface area contributed by atoms with Gasteiger partial charge in [0.25, 0.3) is 0 Å². The van der Waals surface area contributed by atoms with E-state index in [-0.39, 0.29) is 41.9 Å². The molecule has 0 bridgehead atoms. The molecule has 3 heterocycles. The number of ether oxygens (including phenoxy) is 2. The fourth-order valence-electron chi connectivity index (χ4n) is 3.72. The van der Waals surface area contributed by atoms with Crippen LogP contribution in [0.4, 0.5) is 5.69 Å². The molecule has 0 saturated heterocycles. The van der Waals surface area contributed by atoms with Crippen molar-refractivity contribution < 1.29 is 23.8 Å². The van der Waals surface area contributed by atoms with Gasteiger partial charge in [-0.15, -0.1) is 0 Å². The number of nitrogens with one attached hydrogen (secondary N) is 1. The number of hydrogen-bond acceptors (Lipinski definition) is 8. The van der Waals surface area contributed by atoms with Gasteiger partial charge in [0.05, 0.1) is 6.61 Å². The van der Waals surface area contributed by atoms with E-state index in [2.05, 4.69) is 5.32 Å². The quantitative estimate of drug-likeness (QED) is 0.659. The maximum atomic E-state index is 12.8. The molecule has 2 aliphatic heterocycles. The third-order valence-corrected chi connectivity index (χ3v) is 5.08. The maximum Gasteiger partial charge on any atom is 0.340 e. The molecule has 2 aromatic rings. The van der Waals surface area contributed by atoms with Crippen LogP contribution >= 0.6 is 11.6 Å². The van der Waals surface area contributed by atoms with Crippen molar-refractivity contribution >= 4 is 23.3 Å². The summed E-state index contributed by atoms with van der Waals surface area (Å²) in [6, 6.07) is 6.25. The Morgan fingerprint density at radius 3 is 2.93 bits per heavy atom. The van der Waals surface area contributed by atoms with Crippen molar-refractivity contribution in [3.8, 4) is 5.75 Å². The largest absolute Gasteiger partial charge is 0.462 e. The van der Waals surface area contributed by atoms with Crippen LogP contribution in [0.25, 0.3) is 0 Å². The molecule has 146 valence electrons. The minimum atomic E-state index is -1.30. The summed E-state index contributed by atoms with van der Waals surface area (Å²) in [6.45, 7) is 1.45. The number of carbonyl (C=O) groups is 1. The Balaban J connectivity index is 2.09. The van der Waals surface area contributed by atoms with E-state index in [4.69, 9.17) is 31.2 Å². The minimum Gasteiger partial charge on any atom is -0.462 e. The zero-order chi connectivity index (χ0) is 20.1. The lowest BCUT2D eigenvalue weighted by atomic mass is 9.72. The van der Waals surface area contributed by atoms with Crippen LogP contribution in [-0.4, -0.2) is 24.2 Å². The zero-order valence-corrected chi connectivity index (χ0v) is 15.6. The lowest BCUT2D eigenvalue weighted by Crippen LogP contribution is -2.44. The normalized spacial score (nSPS) is 19.7. The molecule has 0 aliphatic carbocycles. The number of rotatable bonds is 3. The van der Waals surface area contributed by atoms with E-state index in [1.807, 2.05) is 0 Å². The highest BCUT2D eigenvalue weighted by Crippen LogP contribution is 2.52. The molecule has 0 fully saturated rings. The highest BCUT2D eigenvalue weighted by molar-refractivity contribution is 6.30. The van der Waals surface area contributed by atoms with E-state index < -0.39 is 23.4 Å². The highest BCUT2D eigenvalue weighted by Gasteiger charge is 2.55. The van der Waals surface area contributed by atoms with E-state index in [0.29, 0.717) is 16.3 Å². The molecule has 4 rings (SSSR count). The molecule has 0 radical (unpaired) electrons. The molecule has 1 aromatic carbocycles. The van der Waals surface area contributed by atoms with Crippen LogP contribution in [0, 0.1) is 0 Å². The van der Waals surface area contributed by atoms with Crippen molar-refractivity contribution in [3.63, 3.8) is 0 Å². The lowest BCUT2D eigenvalue weighted by Gasteiger charge is -2.35. The first kappa shape index (κ1) is 18.4. The van der Waals surface area contributed by atoms with Crippen LogP contribution in [0.1, 0.15) is 24.0 Å². The van der Waals surface area contributed by atoms with Gasteiger partial charge < -0.3 is 30.0 Å². The maximum absolute atomic E-state index is 12.8. The molecular weight excluding hydrogens is 388 g/mol. The second-order valence-corrected chi connectivity index (χ2v) is 6.84. The van der Waals surface area contributed by atoms with Gasteiger partial charge in [0.15, 0.2) is 5.76 Å². The van der Waals surface area contributed by atoms with Crippen LogP contribution in [0.2, 0.25) is 5.02 Å². The van der Waals surface area contributed by atoms with Gasteiger partial charge in [-0.2, -0.15) is 0 Å². The summed E-state index contributed by atoms with van der Waals surface area (Å²) < 4.78 is 16.5. The fraction of sp³-hybridized carbons (Fsp3) is 0.263. The van der Waals surface area contributed by atoms with E-state index in [1.54, 1.807) is 25.1 Å². The summed E-state index contributed by atoms with van der Waals surface area (Å²) in [5, 5.41) is 13.1. The third-order valence-electron chi connectivity index (χ3n) is 4.85. The number of esters is 1. The molecule has 0 amide bonds. The Hall–Kier alpha value is -2.97. The average Bonchev–Trinajstić information content (AvgIpc) is 3.02. The molecule has 2 aliphatic rings. The van der Waals surface area contributed by atoms with E-state index >= 15 is 0 Å². The van der Waals surface area contributed by atoms with E-state index in [0.717, 1.165) is 6.07 Å². The smallest absolute Gasteiger partial charge is 0.340 e. The molecular formula is C19H17ClN2O6. The van der Waals surface area contributed by atoms with Crippen LogP contribution in [0.15, 0.2) is 44.9 Å². The monoisotopic (exact) mass is 404 g/mol. The Kier molecular flexibility index (Phi) is 4.32. The van der Waals surface area contributed by atoms with Gasteiger partial charge in [0.2, 0.25) is 17.1 Å². The topological polar surface area (TPSA) is 124 Å².